The van der Waals surface area contributed by atoms with Gasteiger partial charge in [0.15, 0.2) is 5.13 Å². The first kappa shape index (κ1) is 19.5. The maximum absolute atomic E-state index is 13.7. The van der Waals surface area contributed by atoms with Gasteiger partial charge in [0.25, 0.3) is 0 Å². The summed E-state index contributed by atoms with van der Waals surface area (Å²) in [6.07, 6.45) is 1.74. The van der Waals surface area contributed by atoms with Crippen molar-refractivity contribution in [3.05, 3.63) is 46.2 Å². The van der Waals surface area contributed by atoms with Gasteiger partial charge >= 0.3 is 0 Å². The number of carbonyl (C=O) groups excluding carboxylic acids is 1. The van der Waals surface area contributed by atoms with Crippen LogP contribution >= 0.6 is 23.7 Å². The van der Waals surface area contributed by atoms with E-state index >= 15 is 0 Å². The molecule has 0 saturated heterocycles. The predicted molar refractivity (Wildman–Crippen MR) is 95.1 cm³/mol. The molecular weight excluding hydrogens is 337 g/mol. The van der Waals surface area contributed by atoms with Crippen LogP contribution in [0.3, 0.4) is 0 Å². The number of anilines is 1. The van der Waals surface area contributed by atoms with Crippen LogP contribution < -0.4 is 10.6 Å². The lowest BCUT2D eigenvalue weighted by Gasteiger charge is -2.01. The highest BCUT2D eigenvalue weighted by Crippen LogP contribution is 2.26. The number of nitrogens with zero attached hydrogens (tertiary/aromatic N) is 1. The summed E-state index contributed by atoms with van der Waals surface area (Å²) >= 11 is 1.41. The zero-order valence-electron chi connectivity index (χ0n) is 13.2. The predicted octanol–water partition coefficient (Wildman–Crippen LogP) is 3.54. The largest absolute Gasteiger partial charge is 0.320 e. The van der Waals surface area contributed by atoms with Crippen LogP contribution in [0.25, 0.3) is 0 Å². The van der Waals surface area contributed by atoms with Gasteiger partial charge in [0, 0.05) is 17.7 Å². The number of benzene rings is 1. The van der Waals surface area contributed by atoms with Crippen molar-refractivity contribution >= 4 is 34.8 Å². The first-order chi connectivity index (χ1) is 10.6. The summed E-state index contributed by atoms with van der Waals surface area (Å²) in [7, 11) is 1.86. The molecule has 0 aliphatic rings. The molecule has 0 atom stereocenters. The van der Waals surface area contributed by atoms with E-state index in [1.807, 2.05) is 20.0 Å². The molecule has 2 rings (SSSR count). The molecular formula is C16H21ClFN3OS. The molecule has 0 unspecified atom stereocenters. The van der Waals surface area contributed by atoms with Crippen LogP contribution in [-0.4, -0.2) is 24.5 Å². The molecule has 0 radical (unpaired) electrons. The zero-order chi connectivity index (χ0) is 15.9. The third kappa shape index (κ3) is 5.89. The molecule has 2 N–H and O–H groups in total. The summed E-state index contributed by atoms with van der Waals surface area (Å²) in [6, 6.07) is 6.72. The van der Waals surface area contributed by atoms with Gasteiger partial charge in [-0.2, -0.15) is 0 Å². The van der Waals surface area contributed by atoms with Crippen LogP contribution in [0.15, 0.2) is 24.3 Å². The summed E-state index contributed by atoms with van der Waals surface area (Å²) in [4.78, 5) is 17.1. The van der Waals surface area contributed by atoms with Gasteiger partial charge in [-0.3, -0.25) is 4.79 Å². The Hall–Kier alpha value is -1.50. The lowest BCUT2D eigenvalue weighted by molar-refractivity contribution is -0.116. The minimum absolute atomic E-state index is 0. The van der Waals surface area contributed by atoms with Crippen LogP contribution in [-0.2, 0) is 11.2 Å². The number of rotatable bonds is 7. The molecule has 2 aromatic rings. The first-order valence-electron chi connectivity index (χ1n) is 7.24. The van der Waals surface area contributed by atoms with Crippen molar-refractivity contribution in [3.8, 4) is 0 Å². The van der Waals surface area contributed by atoms with Gasteiger partial charge in [0.2, 0.25) is 5.91 Å². The number of halogens is 2. The molecule has 0 aliphatic carbocycles. The van der Waals surface area contributed by atoms with E-state index in [4.69, 9.17) is 0 Å². The second kappa shape index (κ2) is 9.60. The smallest absolute Gasteiger partial charge is 0.226 e. The summed E-state index contributed by atoms with van der Waals surface area (Å²) in [5.41, 5.74) is 1.47. The van der Waals surface area contributed by atoms with E-state index in [1.54, 1.807) is 12.1 Å². The SMILES string of the molecule is CNCCCC(=O)Nc1nc(C)c(Cc2ccccc2F)s1.Cl. The quantitative estimate of drug-likeness (QED) is 0.745. The topological polar surface area (TPSA) is 54.0 Å². The van der Waals surface area contributed by atoms with Gasteiger partial charge in [0.05, 0.1) is 5.69 Å². The highest BCUT2D eigenvalue weighted by Gasteiger charge is 2.12. The van der Waals surface area contributed by atoms with E-state index in [1.165, 1.54) is 17.4 Å². The molecule has 23 heavy (non-hydrogen) atoms. The summed E-state index contributed by atoms with van der Waals surface area (Å²) in [5.74, 6) is -0.255. The lowest BCUT2D eigenvalue weighted by Crippen LogP contribution is -2.15. The van der Waals surface area contributed by atoms with Gasteiger partial charge in [-0.15, -0.1) is 23.7 Å². The number of carbonyl (C=O) groups is 1. The molecule has 0 spiro atoms. The van der Waals surface area contributed by atoms with Crippen LogP contribution in [0.4, 0.5) is 9.52 Å². The van der Waals surface area contributed by atoms with Crippen molar-refractivity contribution in [2.24, 2.45) is 0 Å². The minimum Gasteiger partial charge on any atom is -0.320 e. The van der Waals surface area contributed by atoms with Gasteiger partial charge in [-0.05, 0) is 38.6 Å². The summed E-state index contributed by atoms with van der Waals surface area (Å²) < 4.78 is 13.7. The van der Waals surface area contributed by atoms with E-state index < -0.39 is 0 Å². The summed E-state index contributed by atoms with van der Waals surface area (Å²) in [6.45, 7) is 2.69. The second-order valence-corrected chi connectivity index (χ2v) is 6.13. The monoisotopic (exact) mass is 357 g/mol. The summed E-state index contributed by atoms with van der Waals surface area (Å²) in [5, 5.41) is 6.40. The minimum atomic E-state index is -0.215. The molecule has 0 bridgehead atoms. The van der Waals surface area contributed by atoms with Crippen molar-refractivity contribution < 1.29 is 9.18 Å². The Kier molecular flexibility index (Phi) is 8.16. The molecule has 7 heteroatoms. The Balaban J connectivity index is 0.00000264. The fourth-order valence-corrected chi connectivity index (χ4v) is 3.07. The van der Waals surface area contributed by atoms with Crippen molar-refractivity contribution in [2.45, 2.75) is 26.2 Å². The average Bonchev–Trinajstić information content (AvgIpc) is 2.81. The molecule has 1 heterocycles. The van der Waals surface area contributed by atoms with Gasteiger partial charge < -0.3 is 10.6 Å². The Labute approximate surface area is 145 Å². The third-order valence-electron chi connectivity index (χ3n) is 3.28. The van der Waals surface area contributed by atoms with Crippen LogP contribution in [0.2, 0.25) is 0 Å². The lowest BCUT2D eigenvalue weighted by atomic mass is 10.1. The average molecular weight is 358 g/mol. The Morgan fingerprint density at radius 3 is 2.78 bits per heavy atom. The van der Waals surface area contributed by atoms with Crippen LogP contribution in [0.1, 0.15) is 29.0 Å². The van der Waals surface area contributed by atoms with E-state index in [9.17, 15) is 9.18 Å². The molecule has 0 aliphatic heterocycles. The fourth-order valence-electron chi connectivity index (χ4n) is 2.07. The number of nitrogens with one attached hydrogen (secondary N) is 2. The molecule has 4 nitrogen and oxygen atoms in total. The number of aromatic nitrogens is 1. The van der Waals surface area contributed by atoms with Gasteiger partial charge in [0.1, 0.15) is 5.82 Å². The van der Waals surface area contributed by atoms with Crippen LogP contribution in [0, 0.1) is 12.7 Å². The molecule has 0 fully saturated rings. The van der Waals surface area contributed by atoms with Crippen molar-refractivity contribution in [1.82, 2.24) is 10.3 Å². The molecule has 126 valence electrons. The number of hydrogen-bond donors (Lipinski definition) is 2. The number of aryl methyl sites for hydroxylation is 1. The molecule has 0 saturated carbocycles. The van der Waals surface area contributed by atoms with E-state index in [2.05, 4.69) is 15.6 Å². The maximum Gasteiger partial charge on any atom is 0.226 e. The Morgan fingerprint density at radius 1 is 1.35 bits per heavy atom. The first-order valence-corrected chi connectivity index (χ1v) is 8.06. The highest BCUT2D eigenvalue weighted by molar-refractivity contribution is 7.15. The molecule has 1 amide bonds. The van der Waals surface area contributed by atoms with Crippen molar-refractivity contribution in [3.63, 3.8) is 0 Å². The highest BCUT2D eigenvalue weighted by atomic mass is 35.5. The van der Waals surface area contributed by atoms with Gasteiger partial charge in [-0.1, -0.05) is 18.2 Å². The second-order valence-electron chi connectivity index (χ2n) is 5.05. The van der Waals surface area contributed by atoms with E-state index in [-0.39, 0.29) is 24.1 Å². The Bertz CT molecular complexity index is 648. The van der Waals surface area contributed by atoms with Crippen molar-refractivity contribution in [2.75, 3.05) is 18.9 Å². The van der Waals surface area contributed by atoms with Crippen molar-refractivity contribution in [1.29, 1.82) is 0 Å². The van der Waals surface area contributed by atoms with E-state index in [0.717, 1.165) is 23.5 Å². The van der Waals surface area contributed by atoms with Gasteiger partial charge in [-0.25, -0.2) is 9.37 Å². The van der Waals surface area contributed by atoms with E-state index in [0.29, 0.717) is 23.5 Å². The zero-order valence-corrected chi connectivity index (χ0v) is 14.8. The molecule has 1 aromatic carbocycles. The Morgan fingerprint density at radius 2 is 2.09 bits per heavy atom. The normalized spacial score (nSPS) is 10.2. The number of amides is 1. The number of hydrogen-bond acceptors (Lipinski definition) is 4. The fraction of sp³-hybridized carbons (Fsp3) is 0.375. The standard InChI is InChI=1S/C16H20FN3OS.ClH/c1-11-14(10-12-6-3-4-7-13(12)17)22-16(19-11)20-15(21)8-5-9-18-2;/h3-4,6-7,18H,5,8-10H2,1-2H3,(H,19,20,21);1H. The third-order valence-corrected chi connectivity index (χ3v) is 4.35. The maximum atomic E-state index is 13.7. The van der Waals surface area contributed by atoms with Crippen LogP contribution in [0.5, 0.6) is 0 Å². The number of thiazole rings is 1. The molecule has 1 aromatic heterocycles.